The Balaban J connectivity index is 1.36. The van der Waals surface area contributed by atoms with Crippen molar-refractivity contribution in [1.82, 2.24) is 4.90 Å². The van der Waals surface area contributed by atoms with E-state index in [9.17, 15) is 9.90 Å². The van der Waals surface area contributed by atoms with Gasteiger partial charge in [0.05, 0.1) is 12.3 Å². The van der Waals surface area contributed by atoms with Gasteiger partial charge in [-0.15, -0.1) is 0 Å². The Labute approximate surface area is 221 Å². The van der Waals surface area contributed by atoms with E-state index in [0.717, 1.165) is 40.8 Å². The van der Waals surface area contributed by atoms with Gasteiger partial charge in [0.15, 0.2) is 0 Å². The Bertz CT molecular complexity index is 1300. The summed E-state index contributed by atoms with van der Waals surface area (Å²) in [5.41, 5.74) is 5.28. The number of aliphatic hydroxyl groups excluding tert-OH is 1. The van der Waals surface area contributed by atoms with Crippen molar-refractivity contribution in [1.29, 1.82) is 0 Å². The molecule has 0 aromatic heterocycles. The van der Waals surface area contributed by atoms with E-state index in [0.29, 0.717) is 41.0 Å². The average molecular weight is 523 g/mol. The van der Waals surface area contributed by atoms with E-state index in [-0.39, 0.29) is 24.5 Å². The molecule has 0 saturated carbocycles. The lowest BCUT2D eigenvalue weighted by Gasteiger charge is -2.31. The van der Waals surface area contributed by atoms with Gasteiger partial charge in [0.1, 0.15) is 11.9 Å². The first-order valence-corrected chi connectivity index (χ1v) is 13.0. The van der Waals surface area contributed by atoms with Gasteiger partial charge in [-0.1, -0.05) is 47.5 Å². The third-order valence-electron chi connectivity index (χ3n) is 7.01. The number of amides is 1. The van der Waals surface area contributed by atoms with Gasteiger partial charge in [-0.3, -0.25) is 9.79 Å². The molecule has 2 aliphatic heterocycles. The fraction of sp³-hybridized carbons (Fsp3) is 0.310. The van der Waals surface area contributed by atoms with E-state index in [1.165, 1.54) is 0 Å². The number of aliphatic hydroxyl groups is 1. The Morgan fingerprint density at radius 1 is 1.08 bits per heavy atom. The maximum Gasteiger partial charge on any atom is 0.253 e. The summed E-state index contributed by atoms with van der Waals surface area (Å²) in [6.45, 7) is 4.04. The Hall–Kier alpha value is -2.86. The van der Waals surface area contributed by atoms with Crippen molar-refractivity contribution in [3.63, 3.8) is 0 Å². The molecule has 5 rings (SSSR count). The maximum absolute atomic E-state index is 13.2. The molecule has 0 radical (unpaired) electrons. The molecule has 0 unspecified atom stereocenters. The smallest absolute Gasteiger partial charge is 0.253 e. The number of piperidine rings is 1. The second kappa shape index (κ2) is 10.6. The van der Waals surface area contributed by atoms with Crippen LogP contribution in [0.25, 0.3) is 0 Å². The third-order valence-corrected chi connectivity index (χ3v) is 7.67. The third kappa shape index (κ3) is 5.01. The van der Waals surface area contributed by atoms with Crippen LogP contribution in [0.1, 0.15) is 58.5 Å². The number of halogens is 2. The summed E-state index contributed by atoms with van der Waals surface area (Å²) in [5, 5.41) is 10.5. The number of likely N-dealkylation sites (tertiary alicyclic amines) is 1. The number of aliphatic imine (C=N–C) groups is 1. The number of carbonyl (C=O) groups is 1. The van der Waals surface area contributed by atoms with Crippen molar-refractivity contribution >= 4 is 34.8 Å². The van der Waals surface area contributed by atoms with Crippen LogP contribution in [0.3, 0.4) is 0 Å². The van der Waals surface area contributed by atoms with Crippen molar-refractivity contribution in [2.75, 3.05) is 19.7 Å². The normalized spacial score (nSPS) is 16.4. The first kappa shape index (κ1) is 24.8. The van der Waals surface area contributed by atoms with Gasteiger partial charge in [-0.25, -0.2) is 0 Å². The summed E-state index contributed by atoms with van der Waals surface area (Å²) < 4.78 is 6.23. The van der Waals surface area contributed by atoms with Gasteiger partial charge in [0.25, 0.3) is 5.91 Å². The lowest BCUT2D eigenvalue weighted by atomic mass is 9.96. The highest BCUT2D eigenvalue weighted by Gasteiger charge is 2.25. The summed E-state index contributed by atoms with van der Waals surface area (Å²) in [5.74, 6) is 1.01. The van der Waals surface area contributed by atoms with E-state index in [1.807, 2.05) is 60.4 Å². The van der Waals surface area contributed by atoms with Gasteiger partial charge in [-0.05, 0) is 67.6 Å². The molecule has 0 aliphatic carbocycles. The summed E-state index contributed by atoms with van der Waals surface area (Å²) in [6.07, 6.45) is 1.34. The van der Waals surface area contributed by atoms with Crippen LogP contribution in [0.4, 0.5) is 0 Å². The predicted octanol–water partition coefficient (Wildman–Crippen LogP) is 6.33. The molecule has 2 heterocycles. The summed E-state index contributed by atoms with van der Waals surface area (Å²) in [6, 6.07) is 19.1. The van der Waals surface area contributed by atoms with Gasteiger partial charge < -0.3 is 14.7 Å². The molecule has 1 saturated heterocycles. The quantitative estimate of drug-likeness (QED) is 0.411. The van der Waals surface area contributed by atoms with Crippen LogP contribution in [0, 0.1) is 5.92 Å². The summed E-state index contributed by atoms with van der Waals surface area (Å²) in [7, 11) is 0. The minimum Gasteiger partial charge on any atom is -0.486 e. The van der Waals surface area contributed by atoms with Crippen molar-refractivity contribution in [3.8, 4) is 5.75 Å². The molecule has 1 N–H and O–H groups in total. The largest absolute Gasteiger partial charge is 0.486 e. The van der Waals surface area contributed by atoms with Crippen LogP contribution in [0.5, 0.6) is 5.75 Å². The molecule has 1 fully saturated rings. The van der Waals surface area contributed by atoms with Gasteiger partial charge >= 0.3 is 0 Å². The number of hydrogen-bond donors (Lipinski definition) is 1. The summed E-state index contributed by atoms with van der Waals surface area (Å²) in [4.78, 5) is 19.8. The molecule has 5 nitrogen and oxygen atoms in total. The van der Waals surface area contributed by atoms with Crippen LogP contribution in [-0.4, -0.2) is 41.3 Å². The van der Waals surface area contributed by atoms with Gasteiger partial charge in [0.2, 0.25) is 0 Å². The molecule has 0 bridgehead atoms. The molecule has 0 spiro atoms. The zero-order chi connectivity index (χ0) is 25.2. The first-order chi connectivity index (χ1) is 17.4. The van der Waals surface area contributed by atoms with Crippen LogP contribution in [-0.2, 0) is 6.54 Å². The minimum atomic E-state index is -0.332. The molecule has 3 aromatic rings. The SMILES string of the molecule is C[C@@H](Oc1ccc2c(c1)C(c1cccc(C(=O)N3CCC(CO)CC3)c1)=NC2)c1c(Cl)cccc1Cl. The minimum absolute atomic E-state index is 0.0228. The van der Waals surface area contributed by atoms with E-state index in [4.69, 9.17) is 32.9 Å². The Morgan fingerprint density at radius 2 is 1.81 bits per heavy atom. The fourth-order valence-electron chi connectivity index (χ4n) is 4.95. The number of hydrogen-bond acceptors (Lipinski definition) is 4. The molecule has 2 aliphatic rings. The number of rotatable bonds is 6. The van der Waals surface area contributed by atoms with Crippen molar-refractivity contribution in [2.24, 2.45) is 10.9 Å². The zero-order valence-electron chi connectivity index (χ0n) is 20.1. The predicted molar refractivity (Wildman–Crippen MR) is 143 cm³/mol. The molecule has 1 atom stereocenters. The number of ether oxygens (including phenoxy) is 1. The maximum atomic E-state index is 13.2. The van der Waals surface area contributed by atoms with Crippen LogP contribution in [0.15, 0.2) is 65.7 Å². The lowest BCUT2D eigenvalue weighted by Crippen LogP contribution is -2.39. The Kier molecular flexibility index (Phi) is 7.33. The number of fused-ring (bicyclic) bond motifs is 1. The van der Waals surface area contributed by atoms with E-state index in [1.54, 1.807) is 12.1 Å². The van der Waals surface area contributed by atoms with Gasteiger partial charge in [0, 0.05) is 52.0 Å². The second-order valence-corrected chi connectivity index (χ2v) is 10.2. The van der Waals surface area contributed by atoms with Crippen molar-refractivity contribution in [2.45, 2.75) is 32.4 Å². The van der Waals surface area contributed by atoms with Crippen LogP contribution in [0.2, 0.25) is 10.0 Å². The van der Waals surface area contributed by atoms with E-state index < -0.39 is 0 Å². The summed E-state index contributed by atoms with van der Waals surface area (Å²) >= 11 is 12.7. The number of nitrogens with zero attached hydrogens (tertiary/aromatic N) is 2. The second-order valence-electron chi connectivity index (χ2n) is 9.38. The van der Waals surface area contributed by atoms with E-state index in [2.05, 4.69) is 0 Å². The topological polar surface area (TPSA) is 62.1 Å². The van der Waals surface area contributed by atoms with Gasteiger partial charge in [-0.2, -0.15) is 0 Å². The molecular weight excluding hydrogens is 495 g/mol. The molecule has 186 valence electrons. The average Bonchev–Trinajstić information content (AvgIpc) is 3.31. The van der Waals surface area contributed by atoms with E-state index >= 15 is 0 Å². The number of benzene rings is 3. The highest BCUT2D eigenvalue weighted by atomic mass is 35.5. The first-order valence-electron chi connectivity index (χ1n) is 12.2. The standard InChI is InChI=1S/C29H28Cl2N2O3/c1-18(27-25(30)6-3-7-26(27)31)36-23-9-8-22-16-32-28(24(22)15-23)20-4-2-5-21(14-20)29(35)33-12-10-19(17-34)11-13-33/h2-9,14-15,18-19,34H,10-13,16-17H2,1H3/t18-/m1/s1. The molecule has 36 heavy (non-hydrogen) atoms. The van der Waals surface area contributed by atoms with Crippen molar-refractivity contribution < 1.29 is 14.6 Å². The monoisotopic (exact) mass is 522 g/mol. The highest BCUT2D eigenvalue weighted by Crippen LogP contribution is 2.35. The molecular formula is C29H28Cl2N2O3. The zero-order valence-corrected chi connectivity index (χ0v) is 21.6. The van der Waals surface area contributed by atoms with Crippen molar-refractivity contribution in [3.05, 3.63) is 98.5 Å². The highest BCUT2D eigenvalue weighted by molar-refractivity contribution is 6.36. The fourth-order valence-corrected chi connectivity index (χ4v) is 5.65. The number of carbonyl (C=O) groups excluding carboxylic acids is 1. The Morgan fingerprint density at radius 3 is 2.53 bits per heavy atom. The molecule has 1 amide bonds. The molecule has 3 aromatic carbocycles. The molecule has 7 heteroatoms. The lowest BCUT2D eigenvalue weighted by molar-refractivity contribution is 0.0651. The van der Waals surface area contributed by atoms with Crippen LogP contribution >= 0.6 is 23.2 Å². The van der Waals surface area contributed by atoms with Crippen LogP contribution < -0.4 is 4.74 Å².